The van der Waals surface area contributed by atoms with Gasteiger partial charge in [0.1, 0.15) is 5.75 Å². The van der Waals surface area contributed by atoms with Crippen LogP contribution in [-0.2, 0) is 4.79 Å². The summed E-state index contributed by atoms with van der Waals surface area (Å²) in [6.07, 6.45) is 2.80. The Hall–Kier alpha value is -1.46. The first kappa shape index (κ1) is 16.9. The molecule has 122 valence electrons. The molecule has 0 spiro atoms. The fraction of sp³-hybridized carbons (Fsp3) is 0.562. The lowest BCUT2D eigenvalue weighted by molar-refractivity contribution is -0.121. The van der Waals surface area contributed by atoms with E-state index in [1.807, 2.05) is 0 Å². The number of rotatable bonds is 7. The molecule has 2 rings (SSSR count). The van der Waals surface area contributed by atoms with Crippen molar-refractivity contribution in [1.82, 2.24) is 10.6 Å². The molecule has 1 aliphatic heterocycles. The second-order valence-electron chi connectivity index (χ2n) is 5.54. The average Bonchev–Trinajstić information content (AvgIpc) is 2.54. The number of anilines is 1. The molecular weight excluding hydrogens is 302 g/mol. The van der Waals surface area contributed by atoms with Crippen molar-refractivity contribution in [1.29, 1.82) is 0 Å². The van der Waals surface area contributed by atoms with E-state index in [2.05, 4.69) is 16.0 Å². The van der Waals surface area contributed by atoms with E-state index in [1.165, 1.54) is 12.8 Å². The minimum absolute atomic E-state index is 0.0686. The molecule has 0 aromatic heterocycles. The average molecular weight is 326 g/mol. The summed E-state index contributed by atoms with van der Waals surface area (Å²) in [4.78, 5) is 11.9. The molecule has 3 N–H and O–H groups in total. The van der Waals surface area contributed by atoms with Gasteiger partial charge in [-0.1, -0.05) is 11.6 Å². The molecular formula is C16H24ClN3O2. The van der Waals surface area contributed by atoms with Crippen LogP contribution < -0.4 is 20.7 Å². The number of carbonyl (C=O) groups is 1. The van der Waals surface area contributed by atoms with E-state index in [9.17, 15) is 4.79 Å². The molecule has 5 nitrogen and oxygen atoms in total. The number of methoxy groups -OCH3 is 1. The van der Waals surface area contributed by atoms with Crippen molar-refractivity contribution in [2.24, 2.45) is 5.92 Å². The van der Waals surface area contributed by atoms with E-state index in [-0.39, 0.29) is 5.91 Å². The Bertz CT molecular complexity index is 490. The minimum atomic E-state index is 0.0686. The van der Waals surface area contributed by atoms with E-state index >= 15 is 0 Å². The van der Waals surface area contributed by atoms with Gasteiger partial charge in [0.25, 0.3) is 0 Å². The lowest BCUT2D eigenvalue weighted by Crippen LogP contribution is -2.38. The van der Waals surface area contributed by atoms with Crippen LogP contribution in [0.3, 0.4) is 0 Å². The third-order valence-corrected chi connectivity index (χ3v) is 4.05. The van der Waals surface area contributed by atoms with Crippen LogP contribution in [0.5, 0.6) is 5.75 Å². The zero-order chi connectivity index (χ0) is 15.8. The highest BCUT2D eigenvalue weighted by molar-refractivity contribution is 6.30. The smallest absolute Gasteiger partial charge is 0.221 e. The van der Waals surface area contributed by atoms with Crippen molar-refractivity contribution in [2.75, 3.05) is 38.6 Å². The predicted octanol–water partition coefficient (Wildman–Crippen LogP) is 2.27. The number of carbonyl (C=O) groups excluding carboxylic acids is 1. The van der Waals surface area contributed by atoms with Crippen LogP contribution in [0, 0.1) is 5.92 Å². The van der Waals surface area contributed by atoms with Gasteiger partial charge in [0.2, 0.25) is 5.91 Å². The number of benzene rings is 1. The minimum Gasteiger partial charge on any atom is -0.495 e. The summed E-state index contributed by atoms with van der Waals surface area (Å²) in [6, 6.07) is 5.38. The van der Waals surface area contributed by atoms with Crippen LogP contribution >= 0.6 is 11.6 Å². The molecule has 1 heterocycles. The maximum Gasteiger partial charge on any atom is 0.221 e. The van der Waals surface area contributed by atoms with E-state index in [0.29, 0.717) is 23.9 Å². The number of piperidine rings is 1. The van der Waals surface area contributed by atoms with Gasteiger partial charge in [-0.3, -0.25) is 4.79 Å². The number of ether oxygens (including phenoxy) is 1. The molecule has 1 aliphatic rings. The number of amides is 1. The Balaban J connectivity index is 1.69. The first-order valence-corrected chi connectivity index (χ1v) is 8.11. The second-order valence-corrected chi connectivity index (χ2v) is 5.97. The third kappa shape index (κ3) is 5.39. The van der Waals surface area contributed by atoms with Crippen molar-refractivity contribution in [3.63, 3.8) is 0 Å². The van der Waals surface area contributed by atoms with Gasteiger partial charge in [-0.15, -0.1) is 0 Å². The molecule has 1 saturated heterocycles. The van der Waals surface area contributed by atoms with Gasteiger partial charge in [-0.05, 0) is 50.0 Å². The first-order chi connectivity index (χ1) is 10.7. The number of hydrogen-bond acceptors (Lipinski definition) is 4. The maximum atomic E-state index is 11.9. The molecule has 1 amide bonds. The highest BCUT2D eigenvalue weighted by Crippen LogP contribution is 2.27. The van der Waals surface area contributed by atoms with Gasteiger partial charge in [0.05, 0.1) is 12.8 Å². The Labute approximate surface area is 136 Å². The molecule has 0 radical (unpaired) electrons. The summed E-state index contributed by atoms with van der Waals surface area (Å²) in [5, 5.41) is 10.2. The lowest BCUT2D eigenvalue weighted by Gasteiger charge is -2.22. The molecule has 0 saturated carbocycles. The van der Waals surface area contributed by atoms with Crippen molar-refractivity contribution in [3.8, 4) is 5.75 Å². The molecule has 1 atom stereocenters. The van der Waals surface area contributed by atoms with Crippen molar-refractivity contribution >= 4 is 23.2 Å². The van der Waals surface area contributed by atoms with E-state index in [1.54, 1.807) is 25.3 Å². The first-order valence-electron chi connectivity index (χ1n) is 7.74. The van der Waals surface area contributed by atoms with Crippen molar-refractivity contribution in [2.45, 2.75) is 19.3 Å². The van der Waals surface area contributed by atoms with Crippen LogP contribution in [0.15, 0.2) is 18.2 Å². The molecule has 1 aromatic rings. The van der Waals surface area contributed by atoms with E-state index in [0.717, 1.165) is 31.1 Å². The molecule has 1 fully saturated rings. The molecule has 22 heavy (non-hydrogen) atoms. The van der Waals surface area contributed by atoms with Crippen molar-refractivity contribution in [3.05, 3.63) is 23.2 Å². The lowest BCUT2D eigenvalue weighted by atomic mass is 10.00. The van der Waals surface area contributed by atoms with Crippen LogP contribution in [-0.4, -0.2) is 39.2 Å². The fourth-order valence-electron chi connectivity index (χ4n) is 2.57. The van der Waals surface area contributed by atoms with Gasteiger partial charge in [0.15, 0.2) is 0 Å². The maximum absolute atomic E-state index is 11.9. The van der Waals surface area contributed by atoms with E-state index in [4.69, 9.17) is 16.3 Å². The summed E-state index contributed by atoms with van der Waals surface area (Å²) in [5.74, 6) is 1.34. The molecule has 1 unspecified atom stereocenters. The van der Waals surface area contributed by atoms with Gasteiger partial charge >= 0.3 is 0 Å². The predicted molar refractivity (Wildman–Crippen MR) is 89.7 cm³/mol. The Morgan fingerprint density at radius 1 is 1.50 bits per heavy atom. The summed E-state index contributed by atoms with van der Waals surface area (Å²) >= 11 is 5.97. The highest BCUT2D eigenvalue weighted by Gasteiger charge is 2.13. The Morgan fingerprint density at radius 2 is 2.36 bits per heavy atom. The summed E-state index contributed by atoms with van der Waals surface area (Å²) in [7, 11) is 1.61. The highest BCUT2D eigenvalue weighted by atomic mass is 35.5. The fourth-order valence-corrected chi connectivity index (χ4v) is 2.75. The van der Waals surface area contributed by atoms with Crippen LogP contribution in [0.1, 0.15) is 19.3 Å². The van der Waals surface area contributed by atoms with Crippen LogP contribution in [0.25, 0.3) is 0 Å². The zero-order valence-electron chi connectivity index (χ0n) is 13.0. The third-order valence-electron chi connectivity index (χ3n) is 3.82. The quantitative estimate of drug-likeness (QED) is 0.719. The van der Waals surface area contributed by atoms with Crippen LogP contribution in [0.4, 0.5) is 5.69 Å². The molecule has 1 aromatic carbocycles. The molecule has 0 bridgehead atoms. The van der Waals surface area contributed by atoms with Crippen molar-refractivity contribution < 1.29 is 9.53 Å². The van der Waals surface area contributed by atoms with E-state index < -0.39 is 0 Å². The zero-order valence-corrected chi connectivity index (χ0v) is 13.7. The van der Waals surface area contributed by atoms with Gasteiger partial charge < -0.3 is 20.7 Å². The standard InChI is InChI=1S/C16H24ClN3O2/c1-22-15-5-4-13(17)9-14(15)19-8-6-16(21)20-11-12-3-2-7-18-10-12/h4-5,9,12,18-19H,2-3,6-8,10-11H2,1H3,(H,20,21). The normalized spacial score (nSPS) is 17.8. The molecule has 0 aliphatic carbocycles. The number of hydrogen-bond donors (Lipinski definition) is 3. The summed E-state index contributed by atoms with van der Waals surface area (Å²) < 4.78 is 5.26. The summed E-state index contributed by atoms with van der Waals surface area (Å²) in [5.41, 5.74) is 0.805. The van der Waals surface area contributed by atoms with Crippen LogP contribution in [0.2, 0.25) is 5.02 Å². The Morgan fingerprint density at radius 3 is 3.09 bits per heavy atom. The number of nitrogens with one attached hydrogen (secondary N) is 3. The van der Waals surface area contributed by atoms with Gasteiger partial charge in [-0.25, -0.2) is 0 Å². The van der Waals surface area contributed by atoms with Gasteiger partial charge in [-0.2, -0.15) is 0 Å². The van der Waals surface area contributed by atoms with Gasteiger partial charge in [0, 0.05) is 24.5 Å². The summed E-state index contributed by atoms with van der Waals surface area (Å²) in [6.45, 7) is 3.39. The monoisotopic (exact) mass is 325 g/mol. The number of halogens is 1. The second kappa shape index (κ2) is 8.86. The SMILES string of the molecule is COc1ccc(Cl)cc1NCCC(=O)NCC1CCCNC1. The Kier molecular flexibility index (Phi) is 6.80. The topological polar surface area (TPSA) is 62.4 Å². The molecule has 6 heteroatoms. The largest absolute Gasteiger partial charge is 0.495 e.